The van der Waals surface area contributed by atoms with Gasteiger partial charge in [-0.2, -0.15) is 0 Å². The van der Waals surface area contributed by atoms with Crippen molar-refractivity contribution in [3.05, 3.63) is 194 Å². The topological polar surface area (TPSA) is 0 Å². The van der Waals surface area contributed by atoms with Crippen LogP contribution in [0.15, 0.2) is 194 Å². The molecule has 0 aliphatic heterocycles. The number of benzene rings is 11. The van der Waals surface area contributed by atoms with Gasteiger partial charge in [-0.1, -0.05) is 164 Å². The van der Waals surface area contributed by atoms with E-state index < -0.39 is 0 Å². The summed E-state index contributed by atoms with van der Waals surface area (Å²) in [7, 11) is 0. The molecule has 0 N–H and O–H groups in total. The summed E-state index contributed by atoms with van der Waals surface area (Å²) in [6, 6.07) is 71.9. The second-order valence-electron chi connectivity index (χ2n) is 14.1. The maximum atomic E-state index is 2.38. The van der Waals surface area contributed by atoms with Crippen LogP contribution in [0.4, 0.5) is 0 Å². The first-order chi connectivity index (χ1) is 25.8. The van der Waals surface area contributed by atoms with Crippen molar-refractivity contribution >= 4 is 75.4 Å². The van der Waals surface area contributed by atoms with Gasteiger partial charge in [0.25, 0.3) is 0 Å². The van der Waals surface area contributed by atoms with Gasteiger partial charge in [0.15, 0.2) is 0 Å². The van der Waals surface area contributed by atoms with Crippen LogP contribution in [-0.4, -0.2) is 0 Å². The van der Waals surface area contributed by atoms with E-state index in [0.29, 0.717) is 0 Å². The summed E-state index contributed by atoms with van der Waals surface area (Å²) < 4.78 is 0. The average molecular weight is 657 g/mol. The molecule has 0 aliphatic carbocycles. The maximum absolute atomic E-state index is 2.38. The Labute approximate surface area is 301 Å². The summed E-state index contributed by atoms with van der Waals surface area (Å²) in [6.45, 7) is 0. The van der Waals surface area contributed by atoms with Crippen molar-refractivity contribution in [1.29, 1.82) is 0 Å². The molecular formula is C52H32. The minimum atomic E-state index is 1.22. The van der Waals surface area contributed by atoms with Gasteiger partial charge in [0.05, 0.1) is 0 Å². The molecule has 52 heavy (non-hydrogen) atoms. The van der Waals surface area contributed by atoms with Gasteiger partial charge in [0.1, 0.15) is 0 Å². The fourth-order valence-corrected chi connectivity index (χ4v) is 8.69. The molecule has 0 aromatic heterocycles. The highest BCUT2D eigenvalue weighted by Crippen LogP contribution is 2.41. The Morgan fingerprint density at radius 3 is 1.19 bits per heavy atom. The van der Waals surface area contributed by atoms with Crippen molar-refractivity contribution in [2.75, 3.05) is 0 Å². The Kier molecular flexibility index (Phi) is 6.35. The van der Waals surface area contributed by atoms with Crippen LogP contribution >= 0.6 is 0 Å². The van der Waals surface area contributed by atoms with Gasteiger partial charge >= 0.3 is 0 Å². The smallest absolute Gasteiger partial charge is 0.00264 e. The van der Waals surface area contributed by atoms with Crippen molar-refractivity contribution in [2.24, 2.45) is 0 Å². The normalized spacial score (nSPS) is 11.8. The molecule has 0 unspecified atom stereocenters. The molecule has 0 heterocycles. The van der Waals surface area contributed by atoms with Gasteiger partial charge in [0.2, 0.25) is 0 Å². The van der Waals surface area contributed by atoms with Crippen LogP contribution < -0.4 is 0 Å². The summed E-state index contributed by atoms with van der Waals surface area (Å²) in [6.07, 6.45) is 0. The van der Waals surface area contributed by atoms with E-state index in [1.165, 1.54) is 109 Å². The Balaban J connectivity index is 1.05. The first-order valence-corrected chi connectivity index (χ1v) is 18.1. The molecule has 0 amide bonds. The van der Waals surface area contributed by atoms with E-state index in [0.717, 1.165) is 0 Å². The van der Waals surface area contributed by atoms with Crippen LogP contribution in [-0.2, 0) is 0 Å². The number of hydrogen-bond acceptors (Lipinski definition) is 0. The molecule has 0 nitrogen and oxygen atoms in total. The van der Waals surface area contributed by atoms with Gasteiger partial charge < -0.3 is 0 Å². The lowest BCUT2D eigenvalue weighted by Gasteiger charge is -2.15. The van der Waals surface area contributed by atoms with E-state index >= 15 is 0 Å². The zero-order chi connectivity index (χ0) is 34.2. The predicted octanol–water partition coefficient (Wildman–Crippen LogP) is 14.8. The first-order valence-electron chi connectivity index (χ1n) is 18.1. The third-order valence-corrected chi connectivity index (χ3v) is 11.2. The van der Waals surface area contributed by atoms with Crippen LogP contribution in [0, 0.1) is 0 Å². The van der Waals surface area contributed by atoms with Crippen LogP contribution in [0.2, 0.25) is 0 Å². The standard InChI is InChI=1S/C52H32/c1-3-14-43-34(10-1)22-26-40-31-49(45-16-5-7-18-47(45)51(40)43)38-13-9-12-36(28-38)37-24-20-33-21-25-39(30-42(33)29-37)50-32-41-27-23-35-11-2-4-15-44(35)52(41)48-19-8-6-17-46(48)50/h1-32H. The van der Waals surface area contributed by atoms with Crippen molar-refractivity contribution < 1.29 is 0 Å². The van der Waals surface area contributed by atoms with Crippen LogP contribution in [0.5, 0.6) is 0 Å². The lowest BCUT2D eigenvalue weighted by molar-refractivity contribution is 1.62. The predicted molar refractivity (Wildman–Crippen MR) is 225 cm³/mol. The van der Waals surface area contributed by atoms with Gasteiger partial charge in [-0.05, 0) is 139 Å². The quantitative estimate of drug-likeness (QED) is 0.166. The van der Waals surface area contributed by atoms with Gasteiger partial charge in [0, 0.05) is 0 Å². The highest BCUT2D eigenvalue weighted by Gasteiger charge is 2.14. The molecule has 0 heteroatoms. The van der Waals surface area contributed by atoms with E-state index in [1.807, 2.05) is 0 Å². The molecule has 0 bridgehead atoms. The third kappa shape index (κ3) is 4.48. The van der Waals surface area contributed by atoms with E-state index in [2.05, 4.69) is 194 Å². The summed E-state index contributed by atoms with van der Waals surface area (Å²) in [5, 5.41) is 18.0. The van der Waals surface area contributed by atoms with E-state index in [4.69, 9.17) is 0 Å². The fourth-order valence-electron chi connectivity index (χ4n) is 8.69. The number of fused-ring (bicyclic) bond motifs is 11. The van der Waals surface area contributed by atoms with Crippen molar-refractivity contribution in [1.82, 2.24) is 0 Å². The van der Waals surface area contributed by atoms with E-state index in [9.17, 15) is 0 Å². The molecule has 11 aromatic carbocycles. The summed E-state index contributed by atoms with van der Waals surface area (Å²) in [4.78, 5) is 0. The SMILES string of the molecule is c1cc(-c2ccc3ccc(-c4cc5ccc6ccccc6c5c5ccccc45)cc3c2)cc(-c2cc3ccc4ccccc4c3c3ccccc23)c1. The summed E-state index contributed by atoms with van der Waals surface area (Å²) in [5.74, 6) is 0. The Morgan fingerprint density at radius 1 is 0.192 bits per heavy atom. The molecular weight excluding hydrogens is 625 g/mol. The first kappa shape index (κ1) is 29.0. The molecule has 0 spiro atoms. The monoisotopic (exact) mass is 656 g/mol. The molecule has 0 saturated carbocycles. The minimum absolute atomic E-state index is 1.22. The zero-order valence-corrected chi connectivity index (χ0v) is 28.5. The molecule has 0 aliphatic rings. The highest BCUT2D eigenvalue weighted by molar-refractivity contribution is 6.24. The number of rotatable bonds is 3. The molecule has 240 valence electrons. The Morgan fingerprint density at radius 2 is 0.596 bits per heavy atom. The molecule has 0 saturated heterocycles. The average Bonchev–Trinajstić information content (AvgIpc) is 3.22. The van der Waals surface area contributed by atoms with Crippen molar-refractivity contribution in [2.45, 2.75) is 0 Å². The van der Waals surface area contributed by atoms with Gasteiger partial charge in [-0.3, -0.25) is 0 Å². The Bertz CT molecular complexity index is 3240. The number of hydrogen-bond donors (Lipinski definition) is 0. The second-order valence-corrected chi connectivity index (χ2v) is 14.1. The van der Waals surface area contributed by atoms with Crippen molar-refractivity contribution in [3.63, 3.8) is 0 Å². The maximum Gasteiger partial charge on any atom is -0.00264 e. The van der Waals surface area contributed by atoms with E-state index in [-0.39, 0.29) is 0 Å². The lowest BCUT2D eigenvalue weighted by Crippen LogP contribution is -1.88. The molecule has 11 rings (SSSR count). The molecule has 0 atom stereocenters. The largest absolute Gasteiger partial charge is 0.0616 e. The zero-order valence-electron chi connectivity index (χ0n) is 28.5. The van der Waals surface area contributed by atoms with E-state index in [1.54, 1.807) is 0 Å². The van der Waals surface area contributed by atoms with Crippen molar-refractivity contribution in [3.8, 4) is 33.4 Å². The molecule has 0 radical (unpaired) electrons. The van der Waals surface area contributed by atoms with Crippen LogP contribution in [0.3, 0.4) is 0 Å². The van der Waals surface area contributed by atoms with Gasteiger partial charge in [-0.15, -0.1) is 0 Å². The van der Waals surface area contributed by atoms with Crippen LogP contribution in [0.25, 0.3) is 109 Å². The second kappa shape index (κ2) is 11.4. The van der Waals surface area contributed by atoms with Crippen LogP contribution in [0.1, 0.15) is 0 Å². The fraction of sp³-hybridized carbons (Fsp3) is 0. The van der Waals surface area contributed by atoms with Gasteiger partial charge in [-0.25, -0.2) is 0 Å². The molecule has 0 fully saturated rings. The summed E-state index contributed by atoms with van der Waals surface area (Å²) >= 11 is 0. The minimum Gasteiger partial charge on any atom is -0.0616 e. The summed E-state index contributed by atoms with van der Waals surface area (Å²) in [5.41, 5.74) is 7.43. The highest BCUT2D eigenvalue weighted by atomic mass is 14.2. The lowest BCUT2D eigenvalue weighted by atomic mass is 9.89. The Hall–Kier alpha value is -6.76. The molecule has 11 aromatic rings. The third-order valence-electron chi connectivity index (χ3n) is 11.2.